The van der Waals surface area contributed by atoms with Gasteiger partial charge in [0.25, 0.3) is 0 Å². The van der Waals surface area contributed by atoms with Crippen molar-refractivity contribution in [3.63, 3.8) is 0 Å². The molecule has 1 heterocycles. The lowest BCUT2D eigenvalue weighted by molar-refractivity contribution is 0.124. The van der Waals surface area contributed by atoms with Crippen LogP contribution < -0.4 is 0 Å². The van der Waals surface area contributed by atoms with E-state index in [1.807, 2.05) is 0 Å². The molecular weight excluding hydrogens is 268 g/mol. The van der Waals surface area contributed by atoms with Crippen LogP contribution in [0.2, 0.25) is 0 Å². The zero-order chi connectivity index (χ0) is 15.4. The summed E-state index contributed by atoms with van der Waals surface area (Å²) in [5, 5.41) is 2.76. The highest BCUT2D eigenvalue weighted by Crippen LogP contribution is 2.22. The van der Waals surface area contributed by atoms with Gasteiger partial charge in [-0.2, -0.15) is 0 Å². The molecule has 0 unspecified atom stereocenters. The topological polar surface area (TPSA) is 6.48 Å². The van der Waals surface area contributed by atoms with Crippen molar-refractivity contribution in [3.8, 4) is 0 Å². The molecule has 0 N–H and O–H groups in total. The minimum absolute atomic E-state index is 0.729. The molecule has 1 aliphatic rings. The van der Waals surface area contributed by atoms with E-state index in [-0.39, 0.29) is 0 Å². The third-order valence-corrected chi connectivity index (χ3v) is 5.02. The van der Waals surface area contributed by atoms with Crippen LogP contribution in [0.5, 0.6) is 0 Å². The summed E-state index contributed by atoms with van der Waals surface area (Å²) < 4.78 is 0. The van der Waals surface area contributed by atoms with E-state index in [1.54, 1.807) is 0 Å². The van der Waals surface area contributed by atoms with Gasteiger partial charge in [0.15, 0.2) is 0 Å². The van der Waals surface area contributed by atoms with Gasteiger partial charge < -0.3 is 4.90 Å². The number of hydrogen-bond donors (Lipinski definition) is 0. The van der Waals surface area contributed by atoms with Crippen LogP contribution in [0.3, 0.4) is 0 Å². The van der Waals surface area contributed by atoms with E-state index in [4.69, 9.17) is 0 Å². The first-order valence-electron chi connectivity index (χ1n) is 8.67. The molecule has 0 saturated carbocycles. The monoisotopic (exact) mass is 296 g/mol. The van der Waals surface area contributed by atoms with Gasteiger partial charge >= 0.3 is 0 Å². The second-order valence-corrected chi connectivity index (χ2v) is 6.63. The molecule has 2 heteroatoms. The van der Waals surface area contributed by atoms with Gasteiger partial charge in [-0.3, -0.25) is 4.90 Å². The van der Waals surface area contributed by atoms with Gasteiger partial charge in [-0.05, 0) is 62.3 Å². The number of fused-ring (bicyclic) bond motifs is 1. The van der Waals surface area contributed by atoms with Crippen molar-refractivity contribution >= 4 is 10.8 Å². The summed E-state index contributed by atoms with van der Waals surface area (Å²) in [6, 6.07) is 16.1. The average molecular weight is 296 g/mol. The molecular formula is C20H28N2. The molecule has 118 valence electrons. The normalized spacial score (nSPS) is 17.4. The SMILES string of the molecule is CCCN1CCC(N(C)Cc2cccc3ccccc23)CC1. The molecule has 2 nitrogen and oxygen atoms in total. The Bertz CT molecular complexity index is 594. The Hall–Kier alpha value is -1.38. The molecule has 0 aromatic heterocycles. The van der Waals surface area contributed by atoms with Crippen molar-refractivity contribution in [1.82, 2.24) is 9.80 Å². The van der Waals surface area contributed by atoms with Gasteiger partial charge in [-0.15, -0.1) is 0 Å². The van der Waals surface area contributed by atoms with Crippen LogP contribution >= 0.6 is 0 Å². The van der Waals surface area contributed by atoms with Crippen LogP contribution in [0.4, 0.5) is 0 Å². The predicted octanol–water partition coefficient (Wildman–Crippen LogP) is 4.15. The summed E-state index contributed by atoms with van der Waals surface area (Å²) in [5.41, 5.74) is 1.46. The second-order valence-electron chi connectivity index (χ2n) is 6.63. The van der Waals surface area contributed by atoms with Crippen molar-refractivity contribution in [3.05, 3.63) is 48.0 Å². The van der Waals surface area contributed by atoms with Crippen molar-refractivity contribution in [2.75, 3.05) is 26.7 Å². The van der Waals surface area contributed by atoms with Gasteiger partial charge in [-0.1, -0.05) is 49.4 Å². The van der Waals surface area contributed by atoms with E-state index in [9.17, 15) is 0 Å². The third-order valence-electron chi connectivity index (χ3n) is 5.02. The highest BCUT2D eigenvalue weighted by molar-refractivity contribution is 5.85. The van der Waals surface area contributed by atoms with Crippen molar-refractivity contribution in [2.24, 2.45) is 0 Å². The van der Waals surface area contributed by atoms with Crippen molar-refractivity contribution in [1.29, 1.82) is 0 Å². The Morgan fingerprint density at radius 2 is 1.77 bits per heavy atom. The highest BCUT2D eigenvalue weighted by atomic mass is 15.2. The van der Waals surface area contributed by atoms with Gasteiger partial charge in [0.05, 0.1) is 0 Å². The highest BCUT2D eigenvalue weighted by Gasteiger charge is 2.22. The molecule has 22 heavy (non-hydrogen) atoms. The number of benzene rings is 2. The molecule has 1 fully saturated rings. The van der Waals surface area contributed by atoms with E-state index < -0.39 is 0 Å². The molecule has 2 aromatic rings. The standard InChI is InChI=1S/C20H28N2/c1-3-13-22-14-11-19(12-15-22)21(2)16-18-9-6-8-17-7-4-5-10-20(17)18/h4-10,19H,3,11-16H2,1-2H3. The van der Waals surface area contributed by atoms with Crippen LogP contribution in [0.1, 0.15) is 31.7 Å². The lowest BCUT2D eigenvalue weighted by atomic mass is 10.0. The average Bonchev–Trinajstić information content (AvgIpc) is 2.56. The first kappa shape index (κ1) is 15.5. The maximum absolute atomic E-state index is 2.61. The Morgan fingerprint density at radius 1 is 1.05 bits per heavy atom. The summed E-state index contributed by atoms with van der Waals surface area (Å²) in [6.07, 6.45) is 3.89. The van der Waals surface area contributed by atoms with Crippen LogP contribution in [0, 0.1) is 0 Å². The third kappa shape index (κ3) is 3.50. The number of hydrogen-bond acceptors (Lipinski definition) is 2. The first-order chi connectivity index (χ1) is 10.8. The molecule has 1 aliphatic heterocycles. The fourth-order valence-corrected chi connectivity index (χ4v) is 3.73. The van der Waals surface area contributed by atoms with E-state index in [0.29, 0.717) is 0 Å². The number of likely N-dealkylation sites (tertiary alicyclic amines) is 1. The Morgan fingerprint density at radius 3 is 2.55 bits per heavy atom. The predicted molar refractivity (Wildman–Crippen MR) is 95.2 cm³/mol. The molecule has 0 atom stereocenters. The maximum Gasteiger partial charge on any atom is 0.0239 e. The summed E-state index contributed by atoms with van der Waals surface area (Å²) in [4.78, 5) is 5.17. The van der Waals surface area contributed by atoms with E-state index in [2.05, 4.69) is 66.2 Å². The summed E-state index contributed by atoms with van der Waals surface area (Å²) in [5.74, 6) is 0. The van der Waals surface area contributed by atoms with Crippen molar-refractivity contribution in [2.45, 2.75) is 38.8 Å². The van der Waals surface area contributed by atoms with Gasteiger partial charge in [0.2, 0.25) is 0 Å². The summed E-state index contributed by atoms with van der Waals surface area (Å²) >= 11 is 0. The molecule has 0 spiro atoms. The summed E-state index contributed by atoms with van der Waals surface area (Å²) in [6.45, 7) is 7.12. The number of piperidine rings is 1. The lowest BCUT2D eigenvalue weighted by Gasteiger charge is -2.36. The minimum Gasteiger partial charge on any atom is -0.303 e. The zero-order valence-corrected chi connectivity index (χ0v) is 14.0. The molecule has 0 aliphatic carbocycles. The number of rotatable bonds is 5. The van der Waals surface area contributed by atoms with Gasteiger partial charge in [0.1, 0.15) is 0 Å². The van der Waals surface area contributed by atoms with Crippen molar-refractivity contribution < 1.29 is 0 Å². The Balaban J connectivity index is 1.65. The van der Waals surface area contributed by atoms with E-state index in [1.165, 1.54) is 55.2 Å². The molecule has 2 aromatic carbocycles. The largest absolute Gasteiger partial charge is 0.303 e. The molecule has 3 rings (SSSR count). The fourth-order valence-electron chi connectivity index (χ4n) is 3.73. The molecule has 0 amide bonds. The summed E-state index contributed by atoms with van der Waals surface area (Å²) in [7, 11) is 2.29. The zero-order valence-electron chi connectivity index (χ0n) is 14.0. The Labute approximate surface area is 134 Å². The van der Waals surface area contributed by atoms with E-state index >= 15 is 0 Å². The maximum atomic E-state index is 2.61. The quantitative estimate of drug-likeness (QED) is 0.818. The molecule has 0 radical (unpaired) electrons. The number of nitrogens with zero attached hydrogens (tertiary/aromatic N) is 2. The minimum atomic E-state index is 0.729. The fraction of sp³-hybridized carbons (Fsp3) is 0.500. The van der Waals surface area contributed by atoms with Crippen LogP contribution in [0.25, 0.3) is 10.8 Å². The molecule has 0 bridgehead atoms. The smallest absolute Gasteiger partial charge is 0.0239 e. The molecule has 1 saturated heterocycles. The Kier molecular flexibility index (Phi) is 5.12. The lowest BCUT2D eigenvalue weighted by Crippen LogP contribution is -2.43. The van der Waals surface area contributed by atoms with Gasteiger partial charge in [-0.25, -0.2) is 0 Å². The van der Waals surface area contributed by atoms with Crippen LogP contribution in [0.15, 0.2) is 42.5 Å². The van der Waals surface area contributed by atoms with Crippen LogP contribution in [-0.4, -0.2) is 42.5 Å². The van der Waals surface area contributed by atoms with Crippen LogP contribution in [-0.2, 0) is 6.54 Å². The first-order valence-corrected chi connectivity index (χ1v) is 8.67. The van der Waals surface area contributed by atoms with Gasteiger partial charge in [0, 0.05) is 12.6 Å². The second kappa shape index (κ2) is 7.26. The van der Waals surface area contributed by atoms with E-state index in [0.717, 1.165) is 12.6 Å².